The van der Waals surface area contributed by atoms with Crippen LogP contribution in [0, 0.1) is 17.0 Å². The van der Waals surface area contributed by atoms with Crippen molar-refractivity contribution in [2.45, 2.75) is 12.5 Å². The summed E-state index contributed by atoms with van der Waals surface area (Å²) in [6, 6.07) is 17.5. The van der Waals surface area contributed by atoms with Crippen molar-refractivity contribution in [2.24, 2.45) is 0 Å². The molecule has 1 unspecified atom stereocenters. The Hall–Kier alpha value is -5.23. The third-order valence-corrected chi connectivity index (χ3v) is 6.81. The van der Waals surface area contributed by atoms with Crippen LogP contribution in [0.2, 0.25) is 5.02 Å². The quantitative estimate of drug-likeness (QED) is 0.169. The summed E-state index contributed by atoms with van der Waals surface area (Å²) in [5, 5.41) is 29.5. The summed E-state index contributed by atoms with van der Waals surface area (Å²) in [6.07, 6.45) is 5.86. The van der Waals surface area contributed by atoms with E-state index >= 15 is 4.39 Å². The van der Waals surface area contributed by atoms with Crippen LogP contribution in [-0.4, -0.2) is 35.0 Å². The van der Waals surface area contributed by atoms with Crippen LogP contribution in [0.1, 0.15) is 17.3 Å². The molecule has 2 aromatic carbocycles. The summed E-state index contributed by atoms with van der Waals surface area (Å²) >= 11 is 6.24. The Morgan fingerprint density at radius 3 is 2.56 bits per heavy atom. The summed E-state index contributed by atoms with van der Waals surface area (Å²) in [7, 11) is 0. The molecule has 2 N–H and O–H groups in total. The third-order valence-electron chi connectivity index (χ3n) is 6.58. The van der Waals surface area contributed by atoms with Gasteiger partial charge in [0.25, 0.3) is 5.69 Å². The molecule has 0 spiro atoms. The molecule has 0 bridgehead atoms. The number of nitrogens with two attached hydrogens (primary N) is 1. The maximum absolute atomic E-state index is 16.0. The molecule has 4 aromatic heterocycles. The van der Waals surface area contributed by atoms with Gasteiger partial charge in [0.05, 0.1) is 17.4 Å². The fraction of sp³-hybridized carbons (Fsp3) is 0.0714. The van der Waals surface area contributed by atoms with Crippen molar-refractivity contribution in [3.8, 4) is 27.9 Å². The Bertz CT molecular complexity index is 1820. The van der Waals surface area contributed by atoms with E-state index < -0.39 is 17.8 Å². The summed E-state index contributed by atoms with van der Waals surface area (Å²) < 4.78 is 33.9. The number of aromatic nitrogens is 8. The maximum Gasteiger partial charge on any atom is 0.253 e. The lowest BCUT2D eigenvalue weighted by molar-refractivity contribution is -0.617. The highest BCUT2D eigenvalue weighted by Crippen LogP contribution is 2.32. The van der Waals surface area contributed by atoms with Gasteiger partial charge in [-0.3, -0.25) is 4.68 Å². The van der Waals surface area contributed by atoms with E-state index in [0.717, 1.165) is 5.56 Å². The number of halogens is 3. The van der Waals surface area contributed by atoms with E-state index in [1.165, 1.54) is 46.3 Å². The first-order valence-corrected chi connectivity index (χ1v) is 12.7. The van der Waals surface area contributed by atoms with Crippen molar-refractivity contribution in [3.63, 3.8) is 0 Å². The van der Waals surface area contributed by atoms with Crippen LogP contribution in [-0.2, 0) is 6.42 Å². The second-order valence-electron chi connectivity index (χ2n) is 9.19. The van der Waals surface area contributed by atoms with Crippen LogP contribution in [0.15, 0.2) is 91.6 Å². The number of pyridine rings is 2. The van der Waals surface area contributed by atoms with Gasteiger partial charge in [-0.2, -0.15) is 23.3 Å². The Balaban J connectivity index is 1.46. The smallest absolute Gasteiger partial charge is 0.253 e. The minimum Gasteiger partial charge on any atom is -0.618 e. The molecule has 0 aliphatic rings. The number of nitrogen functional groups attached to an aromatic ring is 1. The molecule has 0 fully saturated rings. The number of hydrogen-bond acceptors (Lipinski definition) is 7. The van der Waals surface area contributed by atoms with Gasteiger partial charge in [-0.15, -0.1) is 5.10 Å². The van der Waals surface area contributed by atoms with E-state index in [1.807, 2.05) is 30.3 Å². The molecule has 6 aromatic rings. The van der Waals surface area contributed by atoms with E-state index in [1.54, 1.807) is 24.4 Å². The summed E-state index contributed by atoms with van der Waals surface area (Å²) in [5.74, 6) is -1.49. The fourth-order valence-corrected chi connectivity index (χ4v) is 4.85. The van der Waals surface area contributed by atoms with Crippen LogP contribution in [0.5, 0.6) is 0 Å². The van der Waals surface area contributed by atoms with E-state index in [9.17, 15) is 9.60 Å². The average Bonchev–Trinajstić information content (AvgIpc) is 3.66. The largest absolute Gasteiger partial charge is 0.618 e. The van der Waals surface area contributed by atoms with E-state index in [0.29, 0.717) is 26.6 Å². The number of anilines is 1. The van der Waals surface area contributed by atoms with Crippen molar-refractivity contribution in [1.82, 2.24) is 35.0 Å². The van der Waals surface area contributed by atoms with Gasteiger partial charge in [0.2, 0.25) is 5.95 Å². The summed E-state index contributed by atoms with van der Waals surface area (Å²) in [6.45, 7) is 0. The zero-order valence-electron chi connectivity index (χ0n) is 21.1. The number of nitrogens with zero attached hydrogens (tertiary/aromatic N) is 8. The molecule has 6 rings (SSSR count). The zero-order valence-corrected chi connectivity index (χ0v) is 21.9. The van der Waals surface area contributed by atoms with Gasteiger partial charge in [-0.1, -0.05) is 41.9 Å². The second kappa shape index (κ2) is 10.7. The molecular weight excluding hydrogens is 552 g/mol. The second-order valence-corrected chi connectivity index (χ2v) is 9.63. The lowest BCUT2D eigenvalue weighted by atomic mass is 10.00. The predicted octanol–water partition coefficient (Wildman–Crippen LogP) is 4.57. The van der Waals surface area contributed by atoms with Gasteiger partial charge in [0.15, 0.2) is 12.0 Å². The molecule has 0 saturated heterocycles. The van der Waals surface area contributed by atoms with Crippen LogP contribution < -0.4 is 10.5 Å². The third kappa shape index (κ3) is 5.20. The molecule has 204 valence electrons. The standard InChI is InChI=1S/C28H20ClF2N9O/c29-20-6-8-24(39-16-33-36-37-39)22(12-20)18-11-23(30)27(40(41)15-18)25(10-17-4-2-1-3-5-17)38-14-19(13-34-38)21-7-9-26(32)35-28(21)31/h1-9,11-16,25H,10H2,(H2,32,35). The molecule has 0 amide bonds. The topological polar surface area (TPSA) is 127 Å². The van der Waals surface area contributed by atoms with Gasteiger partial charge < -0.3 is 10.9 Å². The molecule has 0 radical (unpaired) electrons. The molecule has 1 atom stereocenters. The monoisotopic (exact) mass is 571 g/mol. The minimum atomic E-state index is -0.874. The number of hydrogen-bond donors (Lipinski definition) is 1. The van der Waals surface area contributed by atoms with Crippen molar-refractivity contribution in [1.29, 1.82) is 0 Å². The van der Waals surface area contributed by atoms with E-state index in [-0.39, 0.29) is 29.1 Å². The van der Waals surface area contributed by atoms with Crippen molar-refractivity contribution < 1.29 is 13.5 Å². The van der Waals surface area contributed by atoms with Gasteiger partial charge in [-0.05, 0) is 52.4 Å². The first kappa shape index (κ1) is 26.0. The van der Waals surface area contributed by atoms with E-state index in [2.05, 4.69) is 25.6 Å². The van der Waals surface area contributed by atoms with Crippen LogP contribution in [0.3, 0.4) is 0 Å². The van der Waals surface area contributed by atoms with Gasteiger partial charge in [-0.25, -0.2) is 4.98 Å². The molecule has 0 aliphatic carbocycles. The predicted molar refractivity (Wildman–Crippen MR) is 147 cm³/mol. The van der Waals surface area contributed by atoms with Gasteiger partial charge in [0.1, 0.15) is 18.2 Å². The Morgan fingerprint density at radius 2 is 1.83 bits per heavy atom. The van der Waals surface area contributed by atoms with Gasteiger partial charge >= 0.3 is 0 Å². The fourth-order valence-electron chi connectivity index (χ4n) is 4.68. The van der Waals surface area contributed by atoms with E-state index in [4.69, 9.17) is 17.3 Å². The Kier molecular flexibility index (Phi) is 6.81. The molecule has 41 heavy (non-hydrogen) atoms. The highest BCUT2D eigenvalue weighted by molar-refractivity contribution is 6.31. The number of rotatable bonds is 7. The SMILES string of the molecule is Nc1ccc(-c2cnn(C(Cc3ccccc3)c3c(F)cc(-c4cc(Cl)ccc4-n4cnnn4)c[n+]3[O-])c2)c(F)n1. The van der Waals surface area contributed by atoms with Crippen molar-refractivity contribution in [3.05, 3.63) is 125 Å². The van der Waals surface area contributed by atoms with Crippen LogP contribution in [0.4, 0.5) is 14.6 Å². The van der Waals surface area contributed by atoms with Crippen molar-refractivity contribution in [2.75, 3.05) is 5.73 Å². The highest BCUT2D eigenvalue weighted by atomic mass is 35.5. The molecule has 0 aliphatic heterocycles. The first-order valence-electron chi connectivity index (χ1n) is 12.3. The Labute approximate surface area is 236 Å². The van der Waals surface area contributed by atoms with Crippen LogP contribution in [0.25, 0.3) is 27.9 Å². The lowest BCUT2D eigenvalue weighted by Gasteiger charge is -2.19. The lowest BCUT2D eigenvalue weighted by Crippen LogP contribution is -2.38. The number of benzene rings is 2. The summed E-state index contributed by atoms with van der Waals surface area (Å²) in [4.78, 5) is 3.66. The first-order chi connectivity index (χ1) is 19.9. The molecule has 0 saturated carbocycles. The van der Waals surface area contributed by atoms with Crippen LogP contribution >= 0.6 is 11.6 Å². The highest BCUT2D eigenvalue weighted by Gasteiger charge is 2.30. The van der Waals surface area contributed by atoms with Crippen molar-refractivity contribution >= 4 is 17.4 Å². The maximum atomic E-state index is 16.0. The van der Waals surface area contributed by atoms with Gasteiger partial charge in [0, 0.05) is 34.3 Å². The molecule has 4 heterocycles. The summed E-state index contributed by atoms with van der Waals surface area (Å²) in [5.41, 5.74) is 8.04. The normalized spacial score (nSPS) is 12.0. The molecule has 10 nitrogen and oxygen atoms in total. The molecular formula is C28H20ClF2N9O. The zero-order chi connectivity index (χ0) is 28.5. The average molecular weight is 572 g/mol. The number of tetrazole rings is 1. The minimum absolute atomic E-state index is 0.0399. The Morgan fingerprint density at radius 1 is 1.00 bits per heavy atom. The molecule has 13 heteroatoms.